The molecular formula is C14H18BrFN2O. The van der Waals surface area contributed by atoms with Crippen molar-refractivity contribution >= 4 is 27.5 Å². The maximum Gasteiger partial charge on any atom is 0.255 e. The van der Waals surface area contributed by atoms with E-state index in [1.165, 1.54) is 12.1 Å². The molecule has 1 saturated heterocycles. The van der Waals surface area contributed by atoms with Crippen LogP contribution in [0.15, 0.2) is 16.6 Å². The van der Waals surface area contributed by atoms with Crippen LogP contribution in [0.1, 0.15) is 30.6 Å². The highest BCUT2D eigenvalue weighted by molar-refractivity contribution is 9.10. The molecule has 0 spiro atoms. The van der Waals surface area contributed by atoms with Gasteiger partial charge in [-0.2, -0.15) is 0 Å². The Labute approximate surface area is 121 Å². The lowest BCUT2D eigenvalue weighted by Gasteiger charge is -2.35. The Morgan fingerprint density at radius 1 is 1.37 bits per heavy atom. The maximum atomic E-state index is 13.3. The van der Waals surface area contributed by atoms with Crippen LogP contribution in [0.3, 0.4) is 0 Å². The summed E-state index contributed by atoms with van der Waals surface area (Å²) in [4.78, 5) is 14.3. The number of nitrogen functional groups attached to an aromatic ring is 1. The average Bonchev–Trinajstić information content (AvgIpc) is 2.31. The molecule has 1 aliphatic rings. The van der Waals surface area contributed by atoms with Gasteiger partial charge in [0, 0.05) is 17.6 Å². The Morgan fingerprint density at radius 3 is 2.53 bits per heavy atom. The van der Waals surface area contributed by atoms with Crippen LogP contribution in [0.4, 0.5) is 10.1 Å². The molecule has 2 N–H and O–H groups in total. The number of hydrogen-bond donors (Lipinski definition) is 1. The number of nitrogens with zero attached hydrogens (tertiary/aromatic N) is 1. The first-order chi connectivity index (χ1) is 8.88. The van der Waals surface area contributed by atoms with Gasteiger partial charge in [-0.1, -0.05) is 13.8 Å². The lowest BCUT2D eigenvalue weighted by Crippen LogP contribution is -2.42. The SMILES string of the molecule is CC1CC(C)CN(C(=O)c2cc(N)c(F)cc2Br)C1. The summed E-state index contributed by atoms with van der Waals surface area (Å²) >= 11 is 3.24. The van der Waals surface area contributed by atoms with Crippen LogP contribution >= 0.6 is 15.9 Å². The third-order valence-electron chi connectivity index (χ3n) is 3.47. The number of rotatable bonds is 1. The first kappa shape index (κ1) is 14.3. The Kier molecular flexibility index (Phi) is 4.13. The van der Waals surface area contributed by atoms with Gasteiger partial charge >= 0.3 is 0 Å². The van der Waals surface area contributed by atoms with Gasteiger partial charge in [-0.05, 0) is 46.3 Å². The summed E-state index contributed by atoms with van der Waals surface area (Å²) in [5.41, 5.74) is 5.98. The number of amides is 1. The van der Waals surface area contributed by atoms with Gasteiger partial charge < -0.3 is 10.6 Å². The van der Waals surface area contributed by atoms with Crippen molar-refractivity contribution in [1.29, 1.82) is 0 Å². The van der Waals surface area contributed by atoms with Crippen molar-refractivity contribution in [3.63, 3.8) is 0 Å². The monoisotopic (exact) mass is 328 g/mol. The fraction of sp³-hybridized carbons (Fsp3) is 0.500. The van der Waals surface area contributed by atoms with E-state index in [1.54, 1.807) is 0 Å². The van der Waals surface area contributed by atoms with E-state index in [0.29, 0.717) is 21.9 Å². The van der Waals surface area contributed by atoms with Crippen molar-refractivity contribution in [2.45, 2.75) is 20.3 Å². The number of likely N-dealkylation sites (tertiary alicyclic amines) is 1. The average molecular weight is 329 g/mol. The van der Waals surface area contributed by atoms with E-state index in [9.17, 15) is 9.18 Å². The smallest absolute Gasteiger partial charge is 0.255 e. The summed E-state index contributed by atoms with van der Waals surface area (Å²) < 4.78 is 13.8. The molecule has 104 valence electrons. The van der Waals surface area contributed by atoms with Crippen LogP contribution in [0.2, 0.25) is 0 Å². The van der Waals surface area contributed by atoms with Crippen LogP contribution < -0.4 is 5.73 Å². The minimum absolute atomic E-state index is 0.00431. The van der Waals surface area contributed by atoms with Gasteiger partial charge in [0.25, 0.3) is 5.91 Å². The first-order valence-electron chi connectivity index (χ1n) is 6.42. The van der Waals surface area contributed by atoms with Crippen LogP contribution in [0.25, 0.3) is 0 Å². The number of halogens is 2. The second-order valence-electron chi connectivity index (χ2n) is 5.51. The third kappa shape index (κ3) is 3.08. The van der Waals surface area contributed by atoms with Gasteiger partial charge in [-0.25, -0.2) is 4.39 Å². The largest absolute Gasteiger partial charge is 0.396 e. The van der Waals surface area contributed by atoms with Gasteiger partial charge in [-0.3, -0.25) is 4.79 Å². The van der Waals surface area contributed by atoms with Crippen molar-refractivity contribution in [3.8, 4) is 0 Å². The third-order valence-corrected chi connectivity index (χ3v) is 4.13. The van der Waals surface area contributed by atoms with E-state index in [0.717, 1.165) is 19.5 Å². The van der Waals surface area contributed by atoms with Crippen LogP contribution in [0.5, 0.6) is 0 Å². The highest BCUT2D eigenvalue weighted by Crippen LogP contribution is 2.27. The van der Waals surface area contributed by atoms with Crippen LogP contribution in [0, 0.1) is 17.7 Å². The summed E-state index contributed by atoms with van der Waals surface area (Å²) in [6.07, 6.45) is 1.14. The predicted molar refractivity (Wildman–Crippen MR) is 77.4 cm³/mol. The number of hydrogen-bond acceptors (Lipinski definition) is 2. The summed E-state index contributed by atoms with van der Waals surface area (Å²) in [7, 11) is 0. The van der Waals surface area contributed by atoms with Crippen molar-refractivity contribution in [2.24, 2.45) is 11.8 Å². The minimum Gasteiger partial charge on any atom is -0.396 e. The number of piperidine rings is 1. The highest BCUT2D eigenvalue weighted by Gasteiger charge is 2.27. The molecule has 1 aromatic rings. The fourth-order valence-corrected chi connectivity index (χ4v) is 3.21. The second-order valence-corrected chi connectivity index (χ2v) is 6.36. The van der Waals surface area contributed by atoms with Crippen molar-refractivity contribution in [2.75, 3.05) is 18.8 Å². The number of carbonyl (C=O) groups is 1. The number of benzene rings is 1. The van der Waals surface area contributed by atoms with E-state index in [-0.39, 0.29) is 11.6 Å². The standard InChI is InChI=1S/C14H18BrFN2O/c1-8-3-9(2)7-18(6-8)14(19)10-4-13(17)12(16)5-11(10)15/h4-5,8-9H,3,6-7,17H2,1-2H3. The summed E-state index contributed by atoms with van der Waals surface area (Å²) in [5.74, 6) is 0.384. The molecule has 0 radical (unpaired) electrons. The minimum atomic E-state index is -0.510. The van der Waals surface area contributed by atoms with Crippen molar-refractivity contribution in [3.05, 3.63) is 28.0 Å². The van der Waals surface area contributed by atoms with Crippen molar-refractivity contribution < 1.29 is 9.18 Å². The van der Waals surface area contributed by atoms with Crippen molar-refractivity contribution in [1.82, 2.24) is 4.90 Å². The molecule has 2 unspecified atom stereocenters. The number of carbonyl (C=O) groups excluding carboxylic acids is 1. The molecule has 1 amide bonds. The Hall–Kier alpha value is -1.10. The topological polar surface area (TPSA) is 46.3 Å². The molecule has 19 heavy (non-hydrogen) atoms. The lowest BCUT2D eigenvalue weighted by molar-refractivity contribution is 0.0622. The van der Waals surface area contributed by atoms with E-state index >= 15 is 0 Å². The molecule has 2 rings (SSSR count). The molecule has 0 saturated carbocycles. The van der Waals surface area contributed by atoms with E-state index in [1.807, 2.05) is 4.90 Å². The zero-order chi connectivity index (χ0) is 14.2. The van der Waals surface area contributed by atoms with E-state index in [2.05, 4.69) is 29.8 Å². The molecule has 1 fully saturated rings. The summed E-state index contributed by atoms with van der Waals surface area (Å²) in [5, 5.41) is 0. The predicted octanol–water partition coefficient (Wildman–Crippen LogP) is 3.29. The first-order valence-corrected chi connectivity index (χ1v) is 7.21. The quantitative estimate of drug-likeness (QED) is 0.804. The molecule has 3 nitrogen and oxygen atoms in total. The molecule has 0 aromatic heterocycles. The van der Waals surface area contributed by atoms with Gasteiger partial charge in [0.15, 0.2) is 0 Å². The molecule has 0 aliphatic carbocycles. The van der Waals surface area contributed by atoms with Gasteiger partial charge in [0.1, 0.15) is 5.82 Å². The van der Waals surface area contributed by atoms with Crippen LogP contribution in [-0.2, 0) is 0 Å². The Bertz CT molecular complexity index is 496. The Balaban J connectivity index is 2.26. The van der Waals surface area contributed by atoms with Gasteiger partial charge in [-0.15, -0.1) is 0 Å². The normalized spacial score (nSPS) is 23.5. The molecule has 1 aliphatic heterocycles. The maximum absolute atomic E-state index is 13.3. The lowest BCUT2D eigenvalue weighted by atomic mass is 9.91. The zero-order valence-electron chi connectivity index (χ0n) is 11.1. The van der Waals surface area contributed by atoms with Gasteiger partial charge in [0.2, 0.25) is 0 Å². The summed E-state index contributed by atoms with van der Waals surface area (Å²) in [6, 6.07) is 2.66. The molecule has 0 bridgehead atoms. The molecular weight excluding hydrogens is 311 g/mol. The van der Waals surface area contributed by atoms with Gasteiger partial charge in [0.05, 0.1) is 11.3 Å². The second kappa shape index (κ2) is 5.49. The highest BCUT2D eigenvalue weighted by atomic mass is 79.9. The molecule has 1 heterocycles. The molecule has 5 heteroatoms. The molecule has 2 atom stereocenters. The summed E-state index contributed by atoms with van der Waals surface area (Å²) in [6.45, 7) is 5.77. The zero-order valence-corrected chi connectivity index (χ0v) is 12.7. The fourth-order valence-electron chi connectivity index (χ4n) is 2.73. The number of nitrogens with two attached hydrogens (primary N) is 1. The van der Waals surface area contributed by atoms with E-state index in [4.69, 9.17) is 5.73 Å². The van der Waals surface area contributed by atoms with E-state index < -0.39 is 5.82 Å². The Morgan fingerprint density at radius 2 is 1.95 bits per heavy atom. The number of anilines is 1. The van der Waals surface area contributed by atoms with Crippen LogP contribution in [-0.4, -0.2) is 23.9 Å². The molecule has 1 aromatic carbocycles.